The third kappa shape index (κ3) is 2.65. The van der Waals surface area contributed by atoms with E-state index in [1.807, 2.05) is 0 Å². The summed E-state index contributed by atoms with van der Waals surface area (Å²) in [5.41, 5.74) is 5.80. The van der Waals surface area contributed by atoms with Gasteiger partial charge in [-0.1, -0.05) is 20.3 Å². The molecule has 0 aromatic rings. The third-order valence-corrected chi connectivity index (χ3v) is 7.70. The Balaban J connectivity index is 1.40. The Labute approximate surface area is 152 Å². The van der Waals surface area contributed by atoms with Gasteiger partial charge in [0, 0.05) is 37.1 Å². The molecule has 1 amide bonds. The number of ether oxygens (including phenoxy) is 1. The van der Waals surface area contributed by atoms with Gasteiger partial charge in [-0.2, -0.15) is 0 Å². The molecule has 1 saturated carbocycles. The molecule has 4 aliphatic rings. The number of carbonyl (C=O) groups excluding carboxylic acids is 1. The minimum Gasteiger partial charge on any atom is -0.377 e. The molecule has 3 unspecified atom stereocenters. The monoisotopic (exact) mass is 349 g/mol. The van der Waals surface area contributed by atoms with Crippen molar-refractivity contribution in [3.05, 3.63) is 0 Å². The average Bonchev–Trinajstić information content (AvgIpc) is 2.67. The summed E-state index contributed by atoms with van der Waals surface area (Å²) in [6, 6.07) is 0.665. The zero-order valence-corrected chi connectivity index (χ0v) is 16.0. The van der Waals surface area contributed by atoms with Crippen LogP contribution >= 0.6 is 0 Å². The topological polar surface area (TPSA) is 58.8 Å². The van der Waals surface area contributed by atoms with Gasteiger partial charge in [0.05, 0.1) is 6.10 Å². The van der Waals surface area contributed by atoms with Crippen LogP contribution in [0, 0.1) is 11.3 Å². The van der Waals surface area contributed by atoms with Crippen LogP contribution in [-0.2, 0) is 9.53 Å². The SMILES string of the molecule is CC1(C)C2OCCCC2C1(N)C(=O)N1CCC(N2CCCCC2)CC1. The quantitative estimate of drug-likeness (QED) is 0.828. The number of carbonyl (C=O) groups is 1. The molecule has 0 aromatic heterocycles. The Bertz CT molecular complexity index is 509. The van der Waals surface area contributed by atoms with Gasteiger partial charge in [-0.3, -0.25) is 4.79 Å². The summed E-state index contributed by atoms with van der Waals surface area (Å²) in [6.45, 7) is 9.29. The van der Waals surface area contributed by atoms with Crippen LogP contribution in [0.1, 0.15) is 58.8 Å². The highest BCUT2D eigenvalue weighted by Crippen LogP contribution is 2.58. The van der Waals surface area contributed by atoms with Gasteiger partial charge in [0.25, 0.3) is 0 Å². The molecule has 5 nitrogen and oxygen atoms in total. The minimum absolute atomic E-state index is 0.154. The van der Waals surface area contributed by atoms with E-state index in [-0.39, 0.29) is 23.3 Å². The molecule has 3 aliphatic heterocycles. The lowest BCUT2D eigenvalue weighted by Crippen LogP contribution is -2.82. The van der Waals surface area contributed by atoms with E-state index in [0.29, 0.717) is 6.04 Å². The number of hydrogen-bond donors (Lipinski definition) is 1. The number of hydrogen-bond acceptors (Lipinski definition) is 4. The van der Waals surface area contributed by atoms with E-state index in [4.69, 9.17) is 10.5 Å². The first-order chi connectivity index (χ1) is 12.0. The fourth-order valence-electron chi connectivity index (χ4n) is 5.99. The number of piperidine rings is 2. The van der Waals surface area contributed by atoms with E-state index in [9.17, 15) is 4.79 Å². The van der Waals surface area contributed by atoms with E-state index in [1.54, 1.807) is 0 Å². The van der Waals surface area contributed by atoms with E-state index < -0.39 is 5.54 Å². The number of nitrogens with two attached hydrogens (primary N) is 1. The van der Waals surface area contributed by atoms with Crippen molar-refractivity contribution in [1.29, 1.82) is 0 Å². The maximum absolute atomic E-state index is 13.4. The highest BCUT2D eigenvalue weighted by molar-refractivity contribution is 5.89. The molecule has 142 valence electrons. The second kappa shape index (κ2) is 6.50. The second-order valence-corrected chi connectivity index (χ2v) is 9.25. The molecule has 4 fully saturated rings. The maximum Gasteiger partial charge on any atom is 0.243 e. The molecule has 0 bridgehead atoms. The van der Waals surface area contributed by atoms with Crippen molar-refractivity contribution < 1.29 is 9.53 Å². The molecular formula is C20H35N3O2. The van der Waals surface area contributed by atoms with Crippen LogP contribution in [0.2, 0.25) is 0 Å². The van der Waals surface area contributed by atoms with Gasteiger partial charge < -0.3 is 20.3 Å². The van der Waals surface area contributed by atoms with Crippen LogP contribution in [0.4, 0.5) is 0 Å². The van der Waals surface area contributed by atoms with Gasteiger partial charge in [0.1, 0.15) is 5.54 Å². The average molecular weight is 350 g/mol. The lowest BCUT2D eigenvalue weighted by Gasteiger charge is -2.66. The molecule has 2 N–H and O–H groups in total. The Hall–Kier alpha value is -0.650. The summed E-state index contributed by atoms with van der Waals surface area (Å²) in [5, 5.41) is 0. The Morgan fingerprint density at radius 3 is 2.36 bits per heavy atom. The maximum atomic E-state index is 13.4. The molecule has 4 rings (SSSR count). The van der Waals surface area contributed by atoms with Crippen molar-refractivity contribution in [3.8, 4) is 0 Å². The van der Waals surface area contributed by atoms with Crippen LogP contribution in [-0.4, -0.2) is 66.2 Å². The molecule has 0 aromatic carbocycles. The largest absolute Gasteiger partial charge is 0.377 e. The molecule has 25 heavy (non-hydrogen) atoms. The smallest absolute Gasteiger partial charge is 0.243 e. The number of amides is 1. The zero-order valence-electron chi connectivity index (χ0n) is 16.0. The summed E-state index contributed by atoms with van der Waals surface area (Å²) in [7, 11) is 0. The van der Waals surface area contributed by atoms with Crippen molar-refractivity contribution in [2.24, 2.45) is 17.1 Å². The summed E-state index contributed by atoms with van der Waals surface area (Å²) < 4.78 is 5.96. The number of fused-ring (bicyclic) bond motifs is 1. The highest BCUT2D eigenvalue weighted by Gasteiger charge is 2.70. The summed E-state index contributed by atoms with van der Waals surface area (Å²) >= 11 is 0. The van der Waals surface area contributed by atoms with Gasteiger partial charge in [-0.25, -0.2) is 0 Å². The Morgan fingerprint density at radius 2 is 1.68 bits per heavy atom. The number of nitrogens with zero attached hydrogens (tertiary/aromatic N) is 2. The van der Waals surface area contributed by atoms with E-state index in [0.717, 1.165) is 45.4 Å². The van der Waals surface area contributed by atoms with Crippen molar-refractivity contribution in [2.75, 3.05) is 32.8 Å². The summed E-state index contributed by atoms with van der Waals surface area (Å²) in [5.74, 6) is 0.380. The molecule has 3 heterocycles. The van der Waals surface area contributed by atoms with Gasteiger partial charge in [0.15, 0.2) is 0 Å². The standard InChI is InChI=1S/C20H35N3O2/c1-19(2)17-16(7-6-14-25-17)20(19,21)18(24)23-12-8-15(9-13-23)22-10-4-3-5-11-22/h15-17H,3-14,21H2,1-2H3. The predicted molar refractivity (Wildman–Crippen MR) is 98.2 cm³/mol. The number of rotatable bonds is 2. The molecule has 1 aliphatic carbocycles. The summed E-state index contributed by atoms with van der Waals surface area (Å²) in [4.78, 5) is 18.1. The molecule has 0 spiro atoms. The Kier molecular flexibility index (Phi) is 4.62. The van der Waals surface area contributed by atoms with Crippen molar-refractivity contribution in [3.63, 3.8) is 0 Å². The van der Waals surface area contributed by atoms with Crippen LogP contribution < -0.4 is 5.73 Å². The van der Waals surface area contributed by atoms with Gasteiger partial charge in [-0.05, 0) is 51.6 Å². The molecule has 3 atom stereocenters. The second-order valence-electron chi connectivity index (χ2n) is 9.25. The van der Waals surface area contributed by atoms with E-state index >= 15 is 0 Å². The lowest BCUT2D eigenvalue weighted by atomic mass is 9.46. The first kappa shape index (κ1) is 17.7. The van der Waals surface area contributed by atoms with Crippen LogP contribution in [0.5, 0.6) is 0 Å². The van der Waals surface area contributed by atoms with E-state index in [1.165, 1.54) is 32.4 Å². The predicted octanol–water partition coefficient (Wildman–Crippen LogP) is 2.00. The highest BCUT2D eigenvalue weighted by atomic mass is 16.5. The van der Waals surface area contributed by atoms with Crippen LogP contribution in [0.25, 0.3) is 0 Å². The fraction of sp³-hybridized carbons (Fsp3) is 0.950. The van der Waals surface area contributed by atoms with Crippen LogP contribution in [0.3, 0.4) is 0 Å². The fourth-order valence-corrected chi connectivity index (χ4v) is 5.99. The molecular weight excluding hydrogens is 314 g/mol. The Morgan fingerprint density at radius 1 is 1.00 bits per heavy atom. The van der Waals surface area contributed by atoms with Gasteiger partial charge in [-0.15, -0.1) is 0 Å². The molecule has 0 radical (unpaired) electrons. The minimum atomic E-state index is -0.740. The molecule has 5 heteroatoms. The van der Waals surface area contributed by atoms with Gasteiger partial charge >= 0.3 is 0 Å². The van der Waals surface area contributed by atoms with Crippen molar-refractivity contribution >= 4 is 5.91 Å². The van der Waals surface area contributed by atoms with Crippen LogP contribution in [0.15, 0.2) is 0 Å². The zero-order chi connectivity index (χ0) is 17.7. The first-order valence-electron chi connectivity index (χ1n) is 10.4. The molecule has 3 saturated heterocycles. The van der Waals surface area contributed by atoms with Gasteiger partial charge in [0.2, 0.25) is 5.91 Å². The number of likely N-dealkylation sites (tertiary alicyclic amines) is 2. The third-order valence-electron chi connectivity index (χ3n) is 7.70. The summed E-state index contributed by atoms with van der Waals surface area (Å²) in [6.07, 6.45) is 8.47. The van der Waals surface area contributed by atoms with Crippen molar-refractivity contribution in [2.45, 2.75) is 76.5 Å². The normalized spacial score (nSPS) is 39.6. The van der Waals surface area contributed by atoms with E-state index in [2.05, 4.69) is 23.6 Å². The first-order valence-corrected chi connectivity index (χ1v) is 10.4. The lowest BCUT2D eigenvalue weighted by molar-refractivity contribution is -0.230. The van der Waals surface area contributed by atoms with Crippen molar-refractivity contribution in [1.82, 2.24) is 9.80 Å².